The van der Waals surface area contributed by atoms with Crippen LogP contribution in [-0.4, -0.2) is 0 Å². The Morgan fingerprint density at radius 3 is 0.345 bits per heavy atom. The maximum absolute atomic E-state index is 2.28. The average molecular weight is 991 g/mol. The van der Waals surface area contributed by atoms with E-state index >= 15 is 0 Å². The Balaban J connectivity index is 0.000000348. The summed E-state index contributed by atoms with van der Waals surface area (Å²) in [6.07, 6.45) is 0. The summed E-state index contributed by atoms with van der Waals surface area (Å²) in [6, 6.07) is 87.7. The third-order valence-corrected chi connectivity index (χ3v) is 17.7. The molecule has 0 aromatic heterocycles. The summed E-state index contributed by atoms with van der Waals surface area (Å²) in [5.41, 5.74) is 0. The number of hydrogen-bond acceptors (Lipinski definition) is 0. The summed E-state index contributed by atoms with van der Waals surface area (Å²) in [5, 5.41) is 11.1. The van der Waals surface area contributed by atoms with Gasteiger partial charge in [-0.3, -0.25) is 0 Å². The van der Waals surface area contributed by atoms with Gasteiger partial charge in [0, 0.05) is 21.1 Å². The van der Waals surface area contributed by atoms with E-state index in [1.54, 1.807) is 0 Å². The van der Waals surface area contributed by atoms with Crippen molar-refractivity contribution in [3.63, 3.8) is 0 Å². The summed E-state index contributed by atoms with van der Waals surface area (Å²) in [5.74, 6) is 0. The third kappa shape index (κ3) is 10.2. The molecule has 0 heterocycles. The largest absolute Gasteiger partial charge is 2.00 e. The molecule has 8 aromatic rings. The van der Waals surface area contributed by atoms with Crippen LogP contribution in [0.3, 0.4) is 0 Å². The Morgan fingerprint density at radius 1 is 0.164 bits per heavy atom. The monoisotopic (exact) mass is 990 g/mol. The van der Waals surface area contributed by atoms with Crippen LogP contribution in [0.2, 0.25) is 0 Å². The first-order valence-corrected chi connectivity index (χ1v) is 20.7. The van der Waals surface area contributed by atoms with Crippen molar-refractivity contribution >= 4 is 111 Å². The van der Waals surface area contributed by atoms with E-state index in [-0.39, 0.29) is 75.0 Å². The van der Waals surface area contributed by atoms with Crippen LogP contribution in [0.25, 0.3) is 0 Å². The summed E-state index contributed by atoms with van der Waals surface area (Å²) in [7, 11) is -3.81. The van der Waals surface area contributed by atoms with E-state index in [1.807, 2.05) is 0 Å². The van der Waals surface area contributed by atoms with Crippen molar-refractivity contribution in [1.82, 2.24) is 0 Å². The van der Waals surface area contributed by atoms with Crippen LogP contribution in [0.1, 0.15) is 0 Å². The molecule has 8 rings (SSSR count). The van der Waals surface area contributed by atoms with Crippen molar-refractivity contribution in [3.05, 3.63) is 243 Å². The molecule has 0 nitrogen and oxygen atoms in total. The van der Waals surface area contributed by atoms with Crippen LogP contribution in [-0.2, 0) is 75.0 Å². The van der Waals surface area contributed by atoms with Gasteiger partial charge in [0.15, 0.2) is 0 Å². The van der Waals surface area contributed by atoms with E-state index < -0.39 is 14.5 Å². The molecule has 0 fully saturated rings. The zero-order valence-electron chi connectivity index (χ0n) is 30.0. The Bertz CT molecular complexity index is 1700. The van der Waals surface area contributed by atoms with E-state index in [0.29, 0.717) is 0 Å². The van der Waals surface area contributed by atoms with Crippen LogP contribution in [0.4, 0.5) is 0 Å². The summed E-state index contributed by atoms with van der Waals surface area (Å²) >= 11 is 0. The van der Waals surface area contributed by atoms with Crippen LogP contribution in [0.5, 0.6) is 0 Å². The van der Waals surface area contributed by atoms with Gasteiger partial charge in [0.05, 0.1) is 0 Å². The van der Waals surface area contributed by atoms with Gasteiger partial charge in [-0.2, -0.15) is 0 Å². The van der Waals surface area contributed by atoms with Gasteiger partial charge in [-0.15, -0.1) is 0 Å². The molecule has 0 saturated heterocycles. The number of hydrogen-bond donors (Lipinski definition) is 0. The molecule has 0 saturated carbocycles. The van der Waals surface area contributed by atoms with Crippen molar-refractivity contribution < 1.29 is 21.1 Å². The predicted molar refractivity (Wildman–Crippen MR) is 252 cm³/mol. The topological polar surface area (TPSA) is 0 Å². The second-order valence-corrected chi connectivity index (χ2v) is 18.8. The molecule has 0 aliphatic carbocycles. The van der Waals surface area contributed by atoms with Gasteiger partial charge in [-0.1, -0.05) is 146 Å². The van der Waals surface area contributed by atoms with E-state index in [9.17, 15) is 0 Å². The second-order valence-electron chi connectivity index (χ2n) is 12.0. The maximum Gasteiger partial charge on any atom is 0.144 e. The van der Waals surface area contributed by atoms with Crippen LogP contribution in [0.15, 0.2) is 243 Å². The Labute approximate surface area is 371 Å². The molecule has 0 aliphatic rings. The van der Waals surface area contributed by atoms with Crippen molar-refractivity contribution in [2.75, 3.05) is 0 Å². The van der Waals surface area contributed by atoms with E-state index in [2.05, 4.69) is 243 Å². The summed E-state index contributed by atoms with van der Waals surface area (Å²) in [6.45, 7) is 0. The van der Waals surface area contributed by atoms with Gasteiger partial charge in [-0.25, -0.2) is 0 Å². The molecule has 0 bridgehead atoms. The zero-order valence-corrected chi connectivity index (χ0v) is 38.0. The molecule has 0 amide bonds. The fourth-order valence-corrected chi connectivity index (χ4v) is 15.5. The van der Waals surface area contributed by atoms with Gasteiger partial charge < -0.3 is 54.0 Å². The number of rotatable bonds is 8. The fourth-order valence-electron chi connectivity index (χ4n) is 7.00. The maximum atomic E-state index is 2.28. The Kier molecular flexibility index (Phi) is 20.6. The standard InChI is InChI=1S/2C24H20P.4S.W/c2*1-5-13-21(14-6-1)25(22-15-7-2-8-16-22,23-17-9-3-10-18-23)24-19-11-4-12-20-24;;;;;/h2*1-20H;;;;;/q2*+1;4*-2;. The van der Waals surface area contributed by atoms with E-state index in [4.69, 9.17) is 0 Å². The molecule has 8 aromatic carbocycles. The molecule has 0 unspecified atom stereocenters. The predicted octanol–water partition coefficient (Wildman–Crippen LogP) is 8.60. The number of benzene rings is 8. The molecular weight excluding hydrogens is 951 g/mol. The minimum absolute atomic E-state index is 0. The first kappa shape index (κ1) is 47.9. The van der Waals surface area contributed by atoms with Crippen LogP contribution < -0.4 is 42.4 Å². The Hall–Kier alpha value is -3.29. The minimum Gasteiger partial charge on any atom is -2.00 e. The van der Waals surface area contributed by atoms with E-state index in [1.165, 1.54) is 42.4 Å². The summed E-state index contributed by atoms with van der Waals surface area (Å²) < 4.78 is 0. The molecule has 0 aliphatic heterocycles. The van der Waals surface area contributed by atoms with Gasteiger partial charge in [0.25, 0.3) is 0 Å². The molecule has 0 atom stereocenters. The first-order valence-electron chi connectivity index (χ1n) is 17.1. The van der Waals surface area contributed by atoms with Gasteiger partial charge in [0.2, 0.25) is 0 Å². The third-order valence-electron chi connectivity index (χ3n) is 9.15. The van der Waals surface area contributed by atoms with Gasteiger partial charge in [0.1, 0.15) is 57.0 Å². The normalized spacial score (nSPS) is 10.2. The van der Waals surface area contributed by atoms with E-state index in [0.717, 1.165) is 0 Å². The molecule has 0 spiro atoms. The minimum atomic E-state index is -1.91. The average Bonchev–Trinajstić information content (AvgIpc) is 3.22. The smallest absolute Gasteiger partial charge is 0.144 e. The fraction of sp³-hybridized carbons (Fsp3) is 0. The molecular formula is C48H40P2S4W-6. The van der Waals surface area contributed by atoms with Crippen molar-refractivity contribution in [2.24, 2.45) is 0 Å². The molecule has 0 N–H and O–H groups in total. The Morgan fingerprint density at radius 2 is 0.255 bits per heavy atom. The van der Waals surface area contributed by atoms with Gasteiger partial charge >= 0.3 is 0 Å². The second kappa shape index (κ2) is 23.7. The zero-order chi connectivity index (χ0) is 33.9. The van der Waals surface area contributed by atoms with Crippen molar-refractivity contribution in [2.45, 2.75) is 0 Å². The molecule has 278 valence electrons. The summed E-state index contributed by atoms with van der Waals surface area (Å²) in [4.78, 5) is 0. The molecule has 7 heteroatoms. The molecule has 55 heavy (non-hydrogen) atoms. The SMILES string of the molecule is [S-2].[S-2].[S-2].[S-2].[W].c1ccc([P+](c2ccccc2)(c2ccccc2)c2ccccc2)cc1.c1ccc([P+](c2ccccc2)(c2ccccc2)c2ccccc2)cc1. The quantitative estimate of drug-likeness (QED) is 0.134. The van der Waals surface area contributed by atoms with Crippen LogP contribution >= 0.6 is 14.5 Å². The van der Waals surface area contributed by atoms with Gasteiger partial charge in [-0.05, 0) is 97.1 Å². The van der Waals surface area contributed by atoms with Crippen molar-refractivity contribution in [1.29, 1.82) is 0 Å². The van der Waals surface area contributed by atoms with Crippen LogP contribution in [0, 0.1) is 0 Å². The molecule has 0 radical (unpaired) electrons. The first-order chi connectivity index (χ1) is 24.8. The van der Waals surface area contributed by atoms with Crippen molar-refractivity contribution in [3.8, 4) is 0 Å².